The molecule has 0 aliphatic heterocycles. The fourth-order valence-corrected chi connectivity index (χ4v) is 2.50. The molecule has 6 heteroatoms. The number of aliphatic hydroxyl groups excluding tert-OH is 1. The number of aliphatic hydroxyl groups is 1. The molecule has 1 atom stereocenters. The molecule has 0 saturated heterocycles. The molecule has 2 aromatic heterocycles. The number of aromatic nitrogens is 2. The summed E-state index contributed by atoms with van der Waals surface area (Å²) in [5.41, 5.74) is 2.31. The number of carbonyl (C=O) groups is 1. The van der Waals surface area contributed by atoms with E-state index in [1.165, 1.54) is 6.39 Å². The number of hydrogen-bond acceptors (Lipinski definition) is 5. The molecular weight excluding hydrogens is 318 g/mol. The Morgan fingerprint density at radius 3 is 2.68 bits per heavy atom. The van der Waals surface area contributed by atoms with Crippen LogP contribution < -0.4 is 5.32 Å². The Kier molecular flexibility index (Phi) is 5.53. The van der Waals surface area contributed by atoms with Crippen LogP contribution in [0.4, 0.5) is 0 Å². The molecule has 0 fully saturated rings. The fourth-order valence-electron chi connectivity index (χ4n) is 2.50. The number of oxazole rings is 1. The SMILES string of the molecule is O=C(NCC(CO)Cc1ccccn1)c1ccc(-c2cnco2)cc1. The van der Waals surface area contributed by atoms with E-state index in [0.717, 1.165) is 11.3 Å². The third-order valence-electron chi connectivity index (χ3n) is 3.90. The van der Waals surface area contributed by atoms with Gasteiger partial charge in [-0.1, -0.05) is 18.2 Å². The van der Waals surface area contributed by atoms with E-state index in [4.69, 9.17) is 4.42 Å². The summed E-state index contributed by atoms with van der Waals surface area (Å²) < 4.78 is 5.22. The molecule has 0 radical (unpaired) electrons. The lowest BCUT2D eigenvalue weighted by Crippen LogP contribution is -2.32. The van der Waals surface area contributed by atoms with Gasteiger partial charge >= 0.3 is 0 Å². The van der Waals surface area contributed by atoms with Gasteiger partial charge in [-0.15, -0.1) is 0 Å². The smallest absolute Gasteiger partial charge is 0.251 e. The van der Waals surface area contributed by atoms with E-state index in [-0.39, 0.29) is 18.4 Å². The van der Waals surface area contributed by atoms with Crippen LogP contribution in [0.5, 0.6) is 0 Å². The van der Waals surface area contributed by atoms with Crippen molar-refractivity contribution in [2.75, 3.05) is 13.2 Å². The first-order chi connectivity index (χ1) is 12.3. The summed E-state index contributed by atoms with van der Waals surface area (Å²) in [6, 6.07) is 12.8. The summed E-state index contributed by atoms with van der Waals surface area (Å²) in [6.45, 7) is 0.372. The van der Waals surface area contributed by atoms with Crippen LogP contribution in [-0.4, -0.2) is 34.1 Å². The first-order valence-electron chi connectivity index (χ1n) is 8.04. The molecule has 25 heavy (non-hydrogen) atoms. The Balaban J connectivity index is 1.56. The Labute approximate surface area is 145 Å². The molecule has 1 unspecified atom stereocenters. The number of rotatable bonds is 7. The summed E-state index contributed by atoms with van der Waals surface area (Å²) in [7, 11) is 0. The van der Waals surface area contributed by atoms with Crippen LogP contribution in [0, 0.1) is 5.92 Å². The quantitative estimate of drug-likeness (QED) is 0.691. The van der Waals surface area contributed by atoms with Gasteiger partial charge in [-0.3, -0.25) is 9.78 Å². The van der Waals surface area contributed by atoms with Crippen LogP contribution in [-0.2, 0) is 6.42 Å². The molecule has 6 nitrogen and oxygen atoms in total. The van der Waals surface area contributed by atoms with Gasteiger partial charge in [-0.05, 0) is 30.7 Å². The monoisotopic (exact) mass is 337 g/mol. The molecule has 128 valence electrons. The predicted octanol–water partition coefficient (Wildman–Crippen LogP) is 2.32. The molecule has 0 aliphatic rings. The van der Waals surface area contributed by atoms with Gasteiger partial charge in [0, 0.05) is 42.1 Å². The van der Waals surface area contributed by atoms with Gasteiger partial charge in [0.05, 0.1) is 6.20 Å². The molecule has 1 amide bonds. The van der Waals surface area contributed by atoms with Gasteiger partial charge in [-0.25, -0.2) is 4.98 Å². The van der Waals surface area contributed by atoms with Crippen LogP contribution >= 0.6 is 0 Å². The van der Waals surface area contributed by atoms with E-state index in [9.17, 15) is 9.90 Å². The Hall–Kier alpha value is -2.99. The molecule has 0 spiro atoms. The zero-order valence-corrected chi connectivity index (χ0v) is 13.6. The van der Waals surface area contributed by atoms with Gasteiger partial charge < -0.3 is 14.8 Å². The van der Waals surface area contributed by atoms with Crippen LogP contribution in [0.15, 0.2) is 65.7 Å². The minimum absolute atomic E-state index is 0.0126. The highest BCUT2D eigenvalue weighted by Crippen LogP contribution is 2.18. The molecule has 3 rings (SSSR count). The van der Waals surface area contributed by atoms with Crippen LogP contribution in [0.3, 0.4) is 0 Å². The zero-order chi connectivity index (χ0) is 17.5. The summed E-state index contributed by atoms with van der Waals surface area (Å²) >= 11 is 0. The zero-order valence-electron chi connectivity index (χ0n) is 13.6. The predicted molar refractivity (Wildman–Crippen MR) is 92.8 cm³/mol. The first kappa shape index (κ1) is 16.9. The third kappa shape index (κ3) is 4.51. The number of hydrogen-bond donors (Lipinski definition) is 2. The molecule has 0 aliphatic carbocycles. The number of carbonyl (C=O) groups excluding carboxylic acids is 1. The van der Waals surface area contributed by atoms with E-state index in [0.29, 0.717) is 24.3 Å². The van der Waals surface area contributed by atoms with E-state index in [1.54, 1.807) is 24.5 Å². The van der Waals surface area contributed by atoms with Crippen LogP contribution in [0.2, 0.25) is 0 Å². The average Bonchev–Trinajstić information content (AvgIpc) is 3.20. The Morgan fingerprint density at radius 2 is 2.04 bits per heavy atom. The fraction of sp³-hybridized carbons (Fsp3) is 0.211. The van der Waals surface area contributed by atoms with Gasteiger partial charge in [0.15, 0.2) is 12.2 Å². The summed E-state index contributed by atoms with van der Waals surface area (Å²) in [4.78, 5) is 20.4. The molecule has 3 aromatic rings. The van der Waals surface area contributed by atoms with Crippen molar-refractivity contribution in [3.05, 3.63) is 72.5 Å². The maximum absolute atomic E-state index is 12.3. The Bertz CT molecular complexity index is 787. The second-order valence-electron chi connectivity index (χ2n) is 5.73. The number of pyridine rings is 1. The number of nitrogens with zero attached hydrogens (tertiary/aromatic N) is 2. The topological polar surface area (TPSA) is 88.2 Å². The number of amides is 1. The van der Waals surface area contributed by atoms with Crippen molar-refractivity contribution in [1.82, 2.24) is 15.3 Å². The van der Waals surface area contributed by atoms with Gasteiger partial charge in [0.1, 0.15) is 0 Å². The van der Waals surface area contributed by atoms with Crippen molar-refractivity contribution in [2.24, 2.45) is 5.92 Å². The van der Waals surface area contributed by atoms with Crippen molar-refractivity contribution >= 4 is 5.91 Å². The van der Waals surface area contributed by atoms with Crippen molar-refractivity contribution in [3.63, 3.8) is 0 Å². The highest BCUT2D eigenvalue weighted by molar-refractivity contribution is 5.94. The highest BCUT2D eigenvalue weighted by Gasteiger charge is 2.13. The van der Waals surface area contributed by atoms with Gasteiger partial charge in [-0.2, -0.15) is 0 Å². The summed E-state index contributed by atoms with van der Waals surface area (Å²) in [5.74, 6) is 0.401. The van der Waals surface area contributed by atoms with Gasteiger partial charge in [0.2, 0.25) is 0 Å². The highest BCUT2D eigenvalue weighted by atomic mass is 16.3. The minimum Gasteiger partial charge on any atom is -0.444 e. The van der Waals surface area contributed by atoms with Crippen LogP contribution in [0.25, 0.3) is 11.3 Å². The van der Waals surface area contributed by atoms with E-state index in [1.807, 2.05) is 30.3 Å². The van der Waals surface area contributed by atoms with Gasteiger partial charge in [0.25, 0.3) is 5.91 Å². The van der Waals surface area contributed by atoms with Crippen molar-refractivity contribution in [2.45, 2.75) is 6.42 Å². The molecule has 0 saturated carbocycles. The summed E-state index contributed by atoms with van der Waals surface area (Å²) in [5, 5.41) is 12.4. The molecule has 2 heterocycles. The van der Waals surface area contributed by atoms with Crippen molar-refractivity contribution in [3.8, 4) is 11.3 Å². The largest absolute Gasteiger partial charge is 0.444 e. The second kappa shape index (κ2) is 8.21. The molecular formula is C19H19N3O3. The second-order valence-corrected chi connectivity index (χ2v) is 5.73. The lowest BCUT2D eigenvalue weighted by Gasteiger charge is -2.14. The Morgan fingerprint density at radius 1 is 1.20 bits per heavy atom. The number of nitrogens with one attached hydrogen (secondary N) is 1. The summed E-state index contributed by atoms with van der Waals surface area (Å²) in [6.07, 6.45) is 5.33. The maximum atomic E-state index is 12.3. The lowest BCUT2D eigenvalue weighted by molar-refractivity contribution is 0.0940. The lowest BCUT2D eigenvalue weighted by atomic mass is 10.0. The number of benzene rings is 1. The van der Waals surface area contributed by atoms with Crippen molar-refractivity contribution in [1.29, 1.82) is 0 Å². The molecule has 2 N–H and O–H groups in total. The normalized spacial score (nSPS) is 11.9. The van der Waals surface area contributed by atoms with Crippen molar-refractivity contribution < 1.29 is 14.3 Å². The average molecular weight is 337 g/mol. The van der Waals surface area contributed by atoms with E-state index >= 15 is 0 Å². The van der Waals surface area contributed by atoms with E-state index in [2.05, 4.69) is 15.3 Å². The molecule has 1 aromatic carbocycles. The minimum atomic E-state index is -0.177. The third-order valence-corrected chi connectivity index (χ3v) is 3.90. The van der Waals surface area contributed by atoms with Crippen LogP contribution in [0.1, 0.15) is 16.1 Å². The first-order valence-corrected chi connectivity index (χ1v) is 8.04. The van der Waals surface area contributed by atoms with E-state index < -0.39 is 0 Å². The maximum Gasteiger partial charge on any atom is 0.251 e. The standard InChI is InChI=1S/C19H19N3O3/c23-12-14(9-17-3-1-2-8-21-17)10-22-19(24)16-6-4-15(5-7-16)18-11-20-13-25-18/h1-8,11,13-14,23H,9-10,12H2,(H,22,24). The molecule has 0 bridgehead atoms.